The Hall–Kier alpha value is -1.41. The third kappa shape index (κ3) is 6.60. The molecule has 1 amide bonds. The number of sulfonamides is 1. The van der Waals surface area contributed by atoms with Crippen LogP contribution in [-0.4, -0.2) is 31.7 Å². The zero-order chi connectivity index (χ0) is 19.9. The van der Waals surface area contributed by atoms with Gasteiger partial charge in [-0.3, -0.25) is 4.79 Å². The van der Waals surface area contributed by atoms with Crippen molar-refractivity contribution in [2.24, 2.45) is 0 Å². The van der Waals surface area contributed by atoms with E-state index in [0.29, 0.717) is 11.6 Å². The maximum absolute atomic E-state index is 13.1. The van der Waals surface area contributed by atoms with Crippen LogP contribution in [-0.2, 0) is 21.4 Å². The lowest BCUT2D eigenvalue weighted by molar-refractivity contribution is -0.121. The lowest BCUT2D eigenvalue weighted by atomic mass is 10.2. The van der Waals surface area contributed by atoms with E-state index in [1.165, 1.54) is 28.6 Å². The first kappa shape index (κ1) is 21.9. The van der Waals surface area contributed by atoms with Crippen molar-refractivity contribution in [2.75, 3.05) is 13.1 Å². The Morgan fingerprint density at radius 2 is 1.74 bits per heavy atom. The summed E-state index contributed by atoms with van der Waals surface area (Å²) in [6, 6.07) is 13.3. The van der Waals surface area contributed by atoms with E-state index in [4.69, 9.17) is 11.6 Å². The highest BCUT2D eigenvalue weighted by molar-refractivity contribution is 9.10. The van der Waals surface area contributed by atoms with Crippen LogP contribution >= 0.6 is 27.5 Å². The molecule has 27 heavy (non-hydrogen) atoms. The van der Waals surface area contributed by atoms with Gasteiger partial charge in [-0.15, -0.1) is 0 Å². The molecule has 0 aliphatic rings. The Balaban J connectivity index is 2.25. The average Bonchev–Trinajstić information content (AvgIpc) is 2.63. The second-order valence-corrected chi connectivity index (χ2v) is 9.35. The third-order valence-electron chi connectivity index (χ3n) is 3.90. The fraction of sp³-hybridized carbons (Fsp3) is 0.316. The summed E-state index contributed by atoms with van der Waals surface area (Å²) in [5.74, 6) is -0.321. The first-order valence-electron chi connectivity index (χ1n) is 8.60. The summed E-state index contributed by atoms with van der Waals surface area (Å²) in [6.45, 7) is 2.41. The molecular weight excluding hydrogens is 452 g/mol. The van der Waals surface area contributed by atoms with Crippen LogP contribution in [0, 0.1) is 0 Å². The Bertz CT molecular complexity index is 856. The summed E-state index contributed by atoms with van der Waals surface area (Å²) in [4.78, 5) is 12.4. The number of nitrogens with one attached hydrogen (secondary N) is 1. The van der Waals surface area contributed by atoms with Gasteiger partial charge in [0.15, 0.2) is 0 Å². The van der Waals surface area contributed by atoms with Gasteiger partial charge in [0.2, 0.25) is 15.9 Å². The van der Waals surface area contributed by atoms with E-state index in [2.05, 4.69) is 21.2 Å². The topological polar surface area (TPSA) is 66.5 Å². The number of nitrogens with zero attached hydrogens (tertiary/aromatic N) is 1. The molecule has 0 spiro atoms. The summed E-state index contributed by atoms with van der Waals surface area (Å²) >= 11 is 9.23. The smallest absolute Gasteiger partial charge is 0.243 e. The van der Waals surface area contributed by atoms with Crippen LogP contribution in [0.1, 0.15) is 25.3 Å². The van der Waals surface area contributed by atoms with Crippen molar-refractivity contribution in [1.82, 2.24) is 9.62 Å². The van der Waals surface area contributed by atoms with E-state index in [-0.39, 0.29) is 23.9 Å². The first-order valence-corrected chi connectivity index (χ1v) is 11.2. The normalized spacial score (nSPS) is 11.6. The minimum absolute atomic E-state index is 0.0967. The van der Waals surface area contributed by atoms with Gasteiger partial charge in [0, 0.05) is 22.6 Å². The maximum atomic E-state index is 13.1. The van der Waals surface area contributed by atoms with Gasteiger partial charge < -0.3 is 5.32 Å². The van der Waals surface area contributed by atoms with Gasteiger partial charge in [-0.2, -0.15) is 4.31 Å². The van der Waals surface area contributed by atoms with E-state index >= 15 is 0 Å². The number of benzene rings is 2. The molecular formula is C19H22BrClN2O3S. The van der Waals surface area contributed by atoms with Gasteiger partial charge in [0.1, 0.15) is 0 Å². The Kier molecular flexibility index (Phi) is 8.28. The Labute approximate surface area is 173 Å². The van der Waals surface area contributed by atoms with Crippen molar-refractivity contribution in [2.45, 2.75) is 31.2 Å². The van der Waals surface area contributed by atoms with Gasteiger partial charge in [-0.1, -0.05) is 53.0 Å². The molecule has 0 saturated heterocycles. The second kappa shape index (κ2) is 10.2. The van der Waals surface area contributed by atoms with Gasteiger partial charge in [-0.25, -0.2) is 8.42 Å². The van der Waals surface area contributed by atoms with Crippen LogP contribution in [0.4, 0.5) is 0 Å². The second-order valence-electron chi connectivity index (χ2n) is 6.06. The lowest BCUT2D eigenvalue weighted by Gasteiger charge is -2.22. The van der Waals surface area contributed by atoms with E-state index < -0.39 is 10.0 Å². The molecule has 0 radical (unpaired) electrons. The molecule has 5 nitrogen and oxygen atoms in total. The highest BCUT2D eigenvalue weighted by atomic mass is 79.9. The molecule has 0 aliphatic heterocycles. The highest BCUT2D eigenvalue weighted by Crippen LogP contribution is 2.21. The molecule has 0 aromatic heterocycles. The maximum Gasteiger partial charge on any atom is 0.243 e. The molecule has 0 fully saturated rings. The molecule has 0 heterocycles. The number of halogens is 2. The Morgan fingerprint density at radius 3 is 2.33 bits per heavy atom. The van der Waals surface area contributed by atoms with Crippen molar-refractivity contribution in [3.05, 3.63) is 63.6 Å². The third-order valence-corrected chi connectivity index (χ3v) is 6.48. The fourth-order valence-electron chi connectivity index (χ4n) is 2.40. The first-order chi connectivity index (χ1) is 12.8. The van der Waals surface area contributed by atoms with Crippen LogP contribution in [0.3, 0.4) is 0 Å². The molecule has 2 rings (SSSR count). The van der Waals surface area contributed by atoms with Crippen molar-refractivity contribution < 1.29 is 13.2 Å². The summed E-state index contributed by atoms with van der Waals surface area (Å²) in [7, 11) is -3.85. The molecule has 0 saturated carbocycles. The number of hydrogen-bond donors (Lipinski definition) is 1. The van der Waals surface area contributed by atoms with Crippen molar-refractivity contribution in [3.8, 4) is 0 Å². The minimum Gasteiger partial charge on any atom is -0.355 e. The summed E-state index contributed by atoms with van der Waals surface area (Å²) in [5, 5.41) is 3.22. The van der Waals surface area contributed by atoms with Crippen LogP contribution < -0.4 is 5.32 Å². The molecule has 2 aromatic rings. The van der Waals surface area contributed by atoms with Crippen LogP contribution in [0.15, 0.2) is 57.9 Å². The minimum atomic E-state index is -3.85. The zero-order valence-electron chi connectivity index (χ0n) is 15.0. The van der Waals surface area contributed by atoms with Gasteiger partial charge in [0.25, 0.3) is 0 Å². The van der Waals surface area contributed by atoms with E-state index in [0.717, 1.165) is 22.9 Å². The molecule has 8 heteroatoms. The quantitative estimate of drug-likeness (QED) is 0.555. The molecule has 0 aliphatic carbocycles. The van der Waals surface area contributed by atoms with Crippen LogP contribution in [0.5, 0.6) is 0 Å². The molecule has 0 unspecified atom stereocenters. The number of rotatable bonds is 9. The van der Waals surface area contributed by atoms with Crippen molar-refractivity contribution >= 4 is 43.5 Å². The fourth-order valence-corrected chi connectivity index (χ4v) is 4.17. The van der Waals surface area contributed by atoms with E-state index in [1.807, 2.05) is 31.2 Å². The number of hydrogen-bond acceptors (Lipinski definition) is 3. The molecule has 146 valence electrons. The average molecular weight is 474 g/mol. The van der Waals surface area contributed by atoms with Gasteiger partial charge in [0.05, 0.1) is 11.4 Å². The largest absolute Gasteiger partial charge is 0.355 e. The SMILES string of the molecule is CCCCNC(=O)CN(Cc1ccc(Br)cc1)S(=O)(=O)c1ccc(Cl)cc1. The van der Waals surface area contributed by atoms with Crippen molar-refractivity contribution in [3.63, 3.8) is 0 Å². The van der Waals surface area contributed by atoms with Crippen LogP contribution in [0.2, 0.25) is 5.02 Å². The van der Waals surface area contributed by atoms with Gasteiger partial charge in [-0.05, 0) is 48.4 Å². The molecule has 2 aromatic carbocycles. The molecule has 1 N–H and O–H groups in total. The number of carbonyl (C=O) groups excluding carboxylic acids is 1. The number of unbranched alkanes of at least 4 members (excludes halogenated alkanes) is 1. The number of amides is 1. The standard InChI is InChI=1S/C19H22BrClN2O3S/c1-2-3-12-22-19(24)14-23(13-15-4-6-16(20)7-5-15)27(25,26)18-10-8-17(21)9-11-18/h4-11H,2-3,12-14H2,1H3,(H,22,24). The van der Waals surface area contributed by atoms with Gasteiger partial charge >= 0.3 is 0 Å². The number of carbonyl (C=O) groups is 1. The van der Waals surface area contributed by atoms with E-state index in [1.54, 1.807) is 0 Å². The summed E-state index contributed by atoms with van der Waals surface area (Å²) in [5.41, 5.74) is 0.789. The monoisotopic (exact) mass is 472 g/mol. The van der Waals surface area contributed by atoms with Crippen LogP contribution in [0.25, 0.3) is 0 Å². The van der Waals surface area contributed by atoms with Crippen molar-refractivity contribution in [1.29, 1.82) is 0 Å². The highest BCUT2D eigenvalue weighted by Gasteiger charge is 2.26. The zero-order valence-corrected chi connectivity index (χ0v) is 18.1. The summed E-state index contributed by atoms with van der Waals surface area (Å²) in [6.07, 6.45) is 1.80. The van der Waals surface area contributed by atoms with E-state index in [9.17, 15) is 13.2 Å². The summed E-state index contributed by atoms with van der Waals surface area (Å²) < 4.78 is 28.2. The molecule has 0 atom stereocenters. The lowest BCUT2D eigenvalue weighted by Crippen LogP contribution is -2.40. The molecule has 0 bridgehead atoms. The predicted octanol–water partition coefficient (Wildman–Crippen LogP) is 4.21. The predicted molar refractivity (Wildman–Crippen MR) is 111 cm³/mol. The Morgan fingerprint density at radius 1 is 1.11 bits per heavy atom.